The molecule has 1 aliphatic rings. The molecule has 0 bridgehead atoms. The van der Waals surface area contributed by atoms with E-state index in [2.05, 4.69) is 10.6 Å². The van der Waals surface area contributed by atoms with Crippen LogP contribution in [0, 0.1) is 6.92 Å². The number of aryl methyl sites for hydroxylation is 1. The van der Waals surface area contributed by atoms with Crippen molar-refractivity contribution in [1.29, 1.82) is 0 Å². The molecule has 0 spiro atoms. The number of benzene rings is 2. The quantitative estimate of drug-likeness (QED) is 0.496. The van der Waals surface area contributed by atoms with Crippen molar-refractivity contribution >= 4 is 27.5 Å². The van der Waals surface area contributed by atoms with Crippen molar-refractivity contribution in [2.45, 2.75) is 18.4 Å². The first kappa shape index (κ1) is 24.6. The van der Waals surface area contributed by atoms with Gasteiger partial charge in [-0.15, -0.1) is 0 Å². The Morgan fingerprint density at radius 3 is 2.34 bits per heavy atom. The lowest BCUT2D eigenvalue weighted by atomic mass is 10.1. The Labute approximate surface area is 204 Å². The van der Waals surface area contributed by atoms with Gasteiger partial charge in [0.15, 0.2) is 0 Å². The van der Waals surface area contributed by atoms with E-state index in [1.165, 1.54) is 10.6 Å². The van der Waals surface area contributed by atoms with E-state index in [4.69, 9.17) is 4.42 Å². The summed E-state index contributed by atoms with van der Waals surface area (Å²) in [4.78, 5) is 27.5. The average Bonchev–Trinajstić information content (AvgIpc) is 3.37. The van der Waals surface area contributed by atoms with E-state index >= 15 is 0 Å². The van der Waals surface area contributed by atoms with Crippen LogP contribution in [0.5, 0.6) is 0 Å². The largest absolute Gasteiger partial charge is 0.467 e. The van der Waals surface area contributed by atoms with E-state index in [0.717, 1.165) is 5.56 Å². The summed E-state index contributed by atoms with van der Waals surface area (Å²) in [6.07, 6.45) is 1.54. The highest BCUT2D eigenvalue weighted by molar-refractivity contribution is 7.89. The molecule has 10 heteroatoms. The van der Waals surface area contributed by atoms with Crippen molar-refractivity contribution in [2.24, 2.45) is 0 Å². The Hall–Kier alpha value is -3.47. The van der Waals surface area contributed by atoms with E-state index in [1.54, 1.807) is 60.7 Å². The first-order valence-corrected chi connectivity index (χ1v) is 12.8. The van der Waals surface area contributed by atoms with Crippen molar-refractivity contribution in [3.05, 3.63) is 83.8 Å². The van der Waals surface area contributed by atoms with Crippen LogP contribution in [0.3, 0.4) is 0 Å². The third-order valence-electron chi connectivity index (χ3n) is 5.81. The Balaban J connectivity index is 1.30. The van der Waals surface area contributed by atoms with Gasteiger partial charge in [0.1, 0.15) is 5.76 Å². The molecule has 0 saturated carbocycles. The second-order valence-corrected chi connectivity index (χ2v) is 10.3. The molecule has 1 aliphatic heterocycles. The Morgan fingerprint density at radius 1 is 0.943 bits per heavy atom. The van der Waals surface area contributed by atoms with Crippen molar-refractivity contribution in [3.8, 4) is 0 Å². The van der Waals surface area contributed by atoms with Crippen LogP contribution in [0.25, 0.3) is 0 Å². The fourth-order valence-corrected chi connectivity index (χ4v) is 5.27. The Morgan fingerprint density at radius 2 is 1.66 bits per heavy atom. The van der Waals surface area contributed by atoms with Gasteiger partial charge in [0.25, 0.3) is 5.91 Å². The van der Waals surface area contributed by atoms with Crippen LogP contribution in [0.15, 0.2) is 76.2 Å². The molecule has 1 aromatic heterocycles. The van der Waals surface area contributed by atoms with Gasteiger partial charge in [0, 0.05) is 26.2 Å². The number of sulfonamides is 1. The molecule has 2 aromatic carbocycles. The van der Waals surface area contributed by atoms with Gasteiger partial charge in [-0.2, -0.15) is 4.31 Å². The molecule has 0 radical (unpaired) electrons. The molecule has 1 saturated heterocycles. The number of para-hydroxylation sites is 1. The number of furan rings is 1. The van der Waals surface area contributed by atoms with Crippen LogP contribution in [-0.4, -0.2) is 62.2 Å². The molecule has 0 atom stereocenters. The number of anilines is 1. The fraction of sp³-hybridized carbons (Fsp3) is 0.280. The normalized spacial score (nSPS) is 15.0. The lowest BCUT2D eigenvalue weighted by molar-refractivity contribution is -0.117. The molecule has 9 nitrogen and oxygen atoms in total. The number of nitrogens with zero attached hydrogens (tertiary/aromatic N) is 2. The topological polar surface area (TPSA) is 112 Å². The maximum atomic E-state index is 12.9. The van der Waals surface area contributed by atoms with Gasteiger partial charge in [-0.1, -0.05) is 29.8 Å². The Kier molecular flexibility index (Phi) is 7.64. The van der Waals surface area contributed by atoms with Crippen LogP contribution in [0.1, 0.15) is 21.7 Å². The average molecular weight is 497 g/mol. The summed E-state index contributed by atoms with van der Waals surface area (Å²) >= 11 is 0. The lowest BCUT2D eigenvalue weighted by Crippen LogP contribution is -2.50. The number of hydrogen-bond donors (Lipinski definition) is 2. The Bertz CT molecular complexity index is 1270. The number of rotatable bonds is 8. The standard InChI is InChI=1S/C25H28N4O5S/c1-19-8-10-21(11-9-19)35(32,33)29-14-12-28(13-15-29)18-24(30)27-23-7-3-2-6-22(23)25(31)26-17-20-5-4-16-34-20/h2-11,16H,12-15,17-18H2,1H3,(H,26,31)(H,27,30). The number of carbonyl (C=O) groups excluding carboxylic acids is 2. The molecule has 0 aliphatic carbocycles. The molecule has 0 unspecified atom stereocenters. The summed E-state index contributed by atoms with van der Waals surface area (Å²) in [5, 5.41) is 5.58. The number of hydrogen-bond acceptors (Lipinski definition) is 6. The first-order valence-electron chi connectivity index (χ1n) is 11.3. The predicted octanol–water partition coefficient (Wildman–Crippen LogP) is 2.46. The minimum atomic E-state index is -3.56. The highest BCUT2D eigenvalue weighted by Gasteiger charge is 2.29. The van der Waals surface area contributed by atoms with Gasteiger partial charge in [0.05, 0.1) is 35.5 Å². The van der Waals surface area contributed by atoms with E-state index in [0.29, 0.717) is 43.2 Å². The molecule has 3 aromatic rings. The summed E-state index contributed by atoms with van der Waals surface area (Å²) in [5.74, 6) is 0.0294. The van der Waals surface area contributed by atoms with Gasteiger partial charge >= 0.3 is 0 Å². The maximum absolute atomic E-state index is 12.9. The van der Waals surface area contributed by atoms with Crippen molar-refractivity contribution in [1.82, 2.24) is 14.5 Å². The fourth-order valence-electron chi connectivity index (χ4n) is 3.85. The summed E-state index contributed by atoms with van der Waals surface area (Å²) in [5.41, 5.74) is 1.76. The van der Waals surface area contributed by atoms with Crippen LogP contribution >= 0.6 is 0 Å². The second kappa shape index (κ2) is 10.9. The highest BCUT2D eigenvalue weighted by atomic mass is 32.2. The number of amides is 2. The zero-order chi connectivity index (χ0) is 24.8. The molecule has 35 heavy (non-hydrogen) atoms. The summed E-state index contributed by atoms with van der Waals surface area (Å²) in [6.45, 7) is 3.72. The van der Waals surface area contributed by atoms with Gasteiger partial charge in [0.2, 0.25) is 15.9 Å². The monoisotopic (exact) mass is 496 g/mol. The minimum Gasteiger partial charge on any atom is -0.467 e. The first-order chi connectivity index (χ1) is 16.8. The van der Waals surface area contributed by atoms with E-state index in [1.807, 2.05) is 11.8 Å². The van der Waals surface area contributed by atoms with Crippen LogP contribution in [0.2, 0.25) is 0 Å². The van der Waals surface area contributed by atoms with E-state index in [9.17, 15) is 18.0 Å². The minimum absolute atomic E-state index is 0.0980. The third-order valence-corrected chi connectivity index (χ3v) is 7.72. The number of carbonyl (C=O) groups is 2. The zero-order valence-corrected chi connectivity index (χ0v) is 20.3. The van der Waals surface area contributed by atoms with E-state index < -0.39 is 10.0 Å². The van der Waals surface area contributed by atoms with Gasteiger partial charge in [-0.05, 0) is 43.3 Å². The molecular formula is C25H28N4O5S. The maximum Gasteiger partial charge on any atom is 0.253 e. The van der Waals surface area contributed by atoms with Gasteiger partial charge in [-0.25, -0.2) is 8.42 Å². The lowest BCUT2D eigenvalue weighted by Gasteiger charge is -2.33. The summed E-state index contributed by atoms with van der Waals surface area (Å²) in [6, 6.07) is 17.1. The van der Waals surface area contributed by atoms with Gasteiger partial charge < -0.3 is 15.1 Å². The molecular weight excluding hydrogens is 468 g/mol. The SMILES string of the molecule is Cc1ccc(S(=O)(=O)N2CCN(CC(=O)Nc3ccccc3C(=O)NCc3ccco3)CC2)cc1. The molecule has 184 valence electrons. The molecule has 2 N–H and O–H groups in total. The van der Waals surface area contributed by atoms with Crippen molar-refractivity contribution in [2.75, 3.05) is 38.0 Å². The molecule has 4 rings (SSSR count). The van der Waals surface area contributed by atoms with Crippen LogP contribution in [0.4, 0.5) is 5.69 Å². The summed E-state index contributed by atoms with van der Waals surface area (Å²) in [7, 11) is -3.56. The van der Waals surface area contributed by atoms with E-state index in [-0.39, 0.29) is 29.8 Å². The van der Waals surface area contributed by atoms with Gasteiger partial charge in [-0.3, -0.25) is 14.5 Å². The molecule has 2 heterocycles. The van der Waals surface area contributed by atoms with Crippen LogP contribution in [-0.2, 0) is 21.4 Å². The smallest absolute Gasteiger partial charge is 0.253 e. The highest BCUT2D eigenvalue weighted by Crippen LogP contribution is 2.19. The number of nitrogens with one attached hydrogen (secondary N) is 2. The van der Waals surface area contributed by atoms with Crippen molar-refractivity contribution < 1.29 is 22.4 Å². The molecule has 1 fully saturated rings. The second-order valence-electron chi connectivity index (χ2n) is 8.35. The number of piperazine rings is 1. The summed E-state index contributed by atoms with van der Waals surface area (Å²) < 4.78 is 32.4. The van der Waals surface area contributed by atoms with Crippen molar-refractivity contribution in [3.63, 3.8) is 0 Å². The predicted molar refractivity (Wildman–Crippen MR) is 131 cm³/mol. The van der Waals surface area contributed by atoms with Crippen LogP contribution < -0.4 is 10.6 Å². The molecule has 2 amide bonds. The third kappa shape index (κ3) is 6.16. The zero-order valence-electron chi connectivity index (χ0n) is 19.4.